The van der Waals surface area contributed by atoms with E-state index in [1.165, 1.54) is 5.56 Å². The second-order valence-corrected chi connectivity index (χ2v) is 6.14. The Labute approximate surface area is 167 Å². The number of ether oxygens (including phenoxy) is 1. The number of hydrogen-bond acceptors (Lipinski definition) is 3. The summed E-state index contributed by atoms with van der Waals surface area (Å²) in [5.41, 5.74) is 10.4. The van der Waals surface area contributed by atoms with E-state index in [0.29, 0.717) is 18.7 Å². The SMILES string of the molecule is CCOc1ccc(C#Cc2ccc(C)cc2)cc1.NCc1ccc(C=O)cc1. The molecule has 28 heavy (non-hydrogen) atoms. The molecule has 3 aromatic carbocycles. The average Bonchev–Trinajstić information content (AvgIpc) is 2.75. The minimum absolute atomic E-state index is 0.527. The van der Waals surface area contributed by atoms with Crippen molar-refractivity contribution < 1.29 is 9.53 Å². The first kappa shape index (κ1) is 21.0. The molecule has 0 radical (unpaired) electrons. The van der Waals surface area contributed by atoms with Gasteiger partial charge < -0.3 is 10.5 Å². The largest absolute Gasteiger partial charge is 0.494 e. The normalized spacial score (nSPS) is 9.39. The molecule has 0 fully saturated rings. The highest BCUT2D eigenvalue weighted by Crippen LogP contribution is 2.11. The summed E-state index contributed by atoms with van der Waals surface area (Å²) in [6, 6.07) is 23.3. The zero-order chi connectivity index (χ0) is 20.2. The van der Waals surface area contributed by atoms with Gasteiger partial charge in [-0.05, 0) is 55.8 Å². The van der Waals surface area contributed by atoms with Crippen LogP contribution in [-0.4, -0.2) is 12.9 Å². The highest BCUT2D eigenvalue weighted by Gasteiger charge is 1.92. The number of carbonyl (C=O) groups is 1. The first-order valence-corrected chi connectivity index (χ1v) is 9.20. The lowest BCUT2D eigenvalue weighted by molar-refractivity contribution is 0.112. The van der Waals surface area contributed by atoms with Crippen LogP contribution in [0.2, 0.25) is 0 Å². The summed E-state index contributed by atoms with van der Waals surface area (Å²) < 4.78 is 5.39. The second-order valence-electron chi connectivity index (χ2n) is 6.14. The second kappa shape index (κ2) is 11.4. The van der Waals surface area contributed by atoms with Gasteiger partial charge in [0, 0.05) is 23.2 Å². The number of rotatable bonds is 4. The van der Waals surface area contributed by atoms with Gasteiger partial charge in [0.2, 0.25) is 0 Å². The van der Waals surface area contributed by atoms with E-state index in [0.717, 1.165) is 28.7 Å². The first-order valence-electron chi connectivity index (χ1n) is 9.20. The quantitative estimate of drug-likeness (QED) is 0.532. The van der Waals surface area contributed by atoms with Gasteiger partial charge in [-0.1, -0.05) is 53.8 Å². The molecule has 0 spiro atoms. The lowest BCUT2D eigenvalue weighted by Gasteiger charge is -2.01. The third-order valence-electron chi connectivity index (χ3n) is 3.92. The molecule has 0 saturated carbocycles. The molecule has 3 aromatic rings. The summed E-state index contributed by atoms with van der Waals surface area (Å²) in [6.45, 7) is 5.27. The van der Waals surface area contributed by atoms with Crippen molar-refractivity contribution >= 4 is 6.29 Å². The predicted octanol–water partition coefficient (Wildman–Crippen LogP) is 4.75. The van der Waals surface area contributed by atoms with Crippen molar-refractivity contribution in [2.75, 3.05) is 6.61 Å². The van der Waals surface area contributed by atoms with Crippen LogP contribution in [0.3, 0.4) is 0 Å². The van der Waals surface area contributed by atoms with Crippen LogP contribution in [0.5, 0.6) is 5.75 Å². The maximum absolute atomic E-state index is 10.2. The molecule has 0 aliphatic heterocycles. The standard InChI is InChI=1S/C17H16O.C8H9NO/c1-3-18-17-12-10-16(11-13-17)9-8-15-6-4-14(2)5-7-15;9-5-7-1-3-8(6-10)4-2-7/h4-7,10-13H,3H2,1-2H3;1-4,6H,5,9H2. The molecule has 0 aliphatic rings. The summed E-state index contributed by atoms with van der Waals surface area (Å²) in [5.74, 6) is 7.18. The van der Waals surface area contributed by atoms with Crippen LogP contribution in [0.25, 0.3) is 0 Å². The van der Waals surface area contributed by atoms with E-state index in [1.54, 1.807) is 12.1 Å². The Bertz CT molecular complexity index is 916. The van der Waals surface area contributed by atoms with Gasteiger partial charge in [0.25, 0.3) is 0 Å². The van der Waals surface area contributed by atoms with Crippen LogP contribution >= 0.6 is 0 Å². The lowest BCUT2D eigenvalue weighted by Crippen LogP contribution is -1.95. The molecule has 3 nitrogen and oxygen atoms in total. The van der Waals surface area contributed by atoms with Crippen molar-refractivity contribution in [1.29, 1.82) is 0 Å². The van der Waals surface area contributed by atoms with Crippen LogP contribution in [0.15, 0.2) is 72.8 Å². The van der Waals surface area contributed by atoms with E-state index in [1.807, 2.05) is 55.5 Å². The van der Waals surface area contributed by atoms with Gasteiger partial charge in [0.1, 0.15) is 12.0 Å². The van der Waals surface area contributed by atoms with Gasteiger partial charge in [-0.3, -0.25) is 4.79 Å². The van der Waals surface area contributed by atoms with E-state index in [9.17, 15) is 4.79 Å². The highest BCUT2D eigenvalue weighted by molar-refractivity contribution is 5.74. The Kier molecular flexibility index (Phi) is 8.52. The Morgan fingerprint density at radius 2 is 1.39 bits per heavy atom. The third-order valence-corrected chi connectivity index (χ3v) is 3.92. The van der Waals surface area contributed by atoms with Crippen molar-refractivity contribution in [3.8, 4) is 17.6 Å². The van der Waals surface area contributed by atoms with Crippen LogP contribution in [0.1, 0.15) is 39.5 Å². The summed E-state index contributed by atoms with van der Waals surface area (Å²) in [4.78, 5) is 10.2. The number of hydrogen-bond donors (Lipinski definition) is 1. The zero-order valence-electron chi connectivity index (χ0n) is 16.3. The van der Waals surface area contributed by atoms with Crippen LogP contribution in [0, 0.1) is 18.8 Å². The molecule has 0 heterocycles. The Balaban J connectivity index is 0.000000237. The molecule has 3 heteroatoms. The van der Waals surface area contributed by atoms with E-state index in [4.69, 9.17) is 10.5 Å². The minimum Gasteiger partial charge on any atom is -0.494 e. The van der Waals surface area contributed by atoms with Gasteiger partial charge >= 0.3 is 0 Å². The van der Waals surface area contributed by atoms with Crippen LogP contribution in [-0.2, 0) is 6.54 Å². The fourth-order valence-corrected chi connectivity index (χ4v) is 2.31. The van der Waals surface area contributed by atoms with E-state index in [-0.39, 0.29) is 0 Å². The molecule has 0 bridgehead atoms. The van der Waals surface area contributed by atoms with Gasteiger partial charge in [-0.25, -0.2) is 0 Å². The summed E-state index contributed by atoms with van der Waals surface area (Å²) >= 11 is 0. The van der Waals surface area contributed by atoms with Crippen LogP contribution < -0.4 is 10.5 Å². The third kappa shape index (κ3) is 7.11. The maximum atomic E-state index is 10.2. The minimum atomic E-state index is 0.527. The van der Waals surface area contributed by atoms with Gasteiger partial charge in [-0.15, -0.1) is 0 Å². The Morgan fingerprint density at radius 1 is 0.857 bits per heavy atom. The maximum Gasteiger partial charge on any atom is 0.150 e. The first-order chi connectivity index (χ1) is 13.6. The smallest absolute Gasteiger partial charge is 0.150 e. The zero-order valence-corrected chi connectivity index (χ0v) is 16.3. The number of benzene rings is 3. The van der Waals surface area contributed by atoms with E-state index >= 15 is 0 Å². The molecule has 0 saturated heterocycles. The molecule has 3 rings (SSSR count). The van der Waals surface area contributed by atoms with Gasteiger partial charge in [0.05, 0.1) is 6.61 Å². The summed E-state index contributed by atoms with van der Waals surface area (Å²) in [6.07, 6.45) is 0.820. The molecule has 0 aliphatic carbocycles. The Hall–Kier alpha value is -3.35. The molecular formula is C25H25NO2. The van der Waals surface area contributed by atoms with Gasteiger partial charge in [0.15, 0.2) is 0 Å². The van der Waals surface area contributed by atoms with Gasteiger partial charge in [-0.2, -0.15) is 0 Å². The average molecular weight is 371 g/mol. The fraction of sp³-hybridized carbons (Fsp3) is 0.160. The number of nitrogens with two attached hydrogens (primary N) is 1. The molecule has 0 atom stereocenters. The van der Waals surface area contributed by atoms with E-state index < -0.39 is 0 Å². The predicted molar refractivity (Wildman–Crippen MR) is 114 cm³/mol. The molecule has 2 N–H and O–H groups in total. The van der Waals surface area contributed by atoms with Crippen LogP contribution in [0.4, 0.5) is 0 Å². The fourth-order valence-electron chi connectivity index (χ4n) is 2.31. The van der Waals surface area contributed by atoms with Crippen molar-refractivity contribution in [3.05, 3.63) is 101 Å². The molecular weight excluding hydrogens is 346 g/mol. The number of aldehydes is 1. The highest BCUT2D eigenvalue weighted by atomic mass is 16.5. The topological polar surface area (TPSA) is 52.3 Å². The summed E-state index contributed by atoms with van der Waals surface area (Å²) in [5, 5.41) is 0. The number of aryl methyl sites for hydroxylation is 1. The molecule has 0 amide bonds. The molecule has 0 unspecified atom stereocenters. The number of carbonyl (C=O) groups excluding carboxylic acids is 1. The summed E-state index contributed by atoms with van der Waals surface area (Å²) in [7, 11) is 0. The lowest BCUT2D eigenvalue weighted by atomic mass is 10.1. The van der Waals surface area contributed by atoms with E-state index in [2.05, 4.69) is 30.9 Å². The Morgan fingerprint density at radius 3 is 1.86 bits per heavy atom. The molecule has 142 valence electrons. The van der Waals surface area contributed by atoms with Crippen molar-refractivity contribution in [1.82, 2.24) is 0 Å². The van der Waals surface area contributed by atoms with Crippen molar-refractivity contribution in [2.45, 2.75) is 20.4 Å². The van der Waals surface area contributed by atoms with Crippen molar-refractivity contribution in [2.24, 2.45) is 5.73 Å². The van der Waals surface area contributed by atoms with Crippen molar-refractivity contribution in [3.63, 3.8) is 0 Å². The monoisotopic (exact) mass is 371 g/mol. The molecule has 0 aromatic heterocycles.